The predicted octanol–water partition coefficient (Wildman–Crippen LogP) is 4.13. The Labute approximate surface area is 217 Å². The summed E-state index contributed by atoms with van der Waals surface area (Å²) < 4.78 is 23.2. The molecule has 0 amide bonds. The van der Waals surface area contributed by atoms with Gasteiger partial charge >= 0.3 is 17.9 Å². The molecule has 5 rings (SSSR count). The Bertz CT molecular complexity index is 1150. The minimum Gasteiger partial charge on any atom is -0.458 e. The van der Waals surface area contributed by atoms with E-state index in [0.717, 1.165) is 12.0 Å². The molecule has 0 N–H and O–H groups in total. The monoisotopic (exact) mass is 512 g/mol. The molecule has 200 valence electrons. The van der Waals surface area contributed by atoms with Crippen molar-refractivity contribution in [3.8, 4) is 0 Å². The molecule has 4 aliphatic carbocycles. The zero-order valence-electron chi connectivity index (χ0n) is 22.3. The molecule has 0 aromatic rings. The summed E-state index contributed by atoms with van der Waals surface area (Å²) in [5.41, 5.74) is -1.77. The molecule has 0 radical (unpaired) electrons. The minimum absolute atomic E-state index is 0.0730. The Morgan fingerprint density at radius 2 is 1.86 bits per heavy atom. The first-order valence-corrected chi connectivity index (χ1v) is 13.3. The molecular formula is C29H36O8. The van der Waals surface area contributed by atoms with E-state index in [-0.39, 0.29) is 36.1 Å². The maximum Gasteiger partial charge on any atom is 0.308 e. The molecule has 2 saturated carbocycles. The molecular weight excluding hydrogens is 476 g/mol. The molecule has 0 aromatic carbocycles. The summed E-state index contributed by atoms with van der Waals surface area (Å²) in [7, 11) is 0. The molecule has 1 saturated heterocycles. The normalized spacial score (nSPS) is 40.6. The number of ether oxygens (including phenoxy) is 4. The zero-order valence-corrected chi connectivity index (χ0v) is 22.3. The molecule has 0 unspecified atom stereocenters. The molecule has 3 fully saturated rings. The number of hydrogen-bond donors (Lipinski definition) is 0. The van der Waals surface area contributed by atoms with E-state index in [2.05, 4.69) is 26.0 Å². The van der Waals surface area contributed by atoms with Gasteiger partial charge in [-0.05, 0) is 68.6 Å². The van der Waals surface area contributed by atoms with Crippen LogP contribution in [0.5, 0.6) is 0 Å². The van der Waals surface area contributed by atoms with Crippen LogP contribution in [0.1, 0.15) is 73.1 Å². The summed E-state index contributed by atoms with van der Waals surface area (Å²) >= 11 is 0. The second kappa shape index (κ2) is 8.65. The predicted molar refractivity (Wildman–Crippen MR) is 132 cm³/mol. The summed E-state index contributed by atoms with van der Waals surface area (Å²) in [6, 6.07) is 0. The van der Waals surface area contributed by atoms with E-state index in [1.54, 1.807) is 0 Å². The lowest BCUT2D eigenvalue weighted by Crippen LogP contribution is -2.62. The Kier molecular flexibility index (Phi) is 6.05. The van der Waals surface area contributed by atoms with Crippen LogP contribution in [0.15, 0.2) is 35.6 Å². The number of rotatable bonds is 7. The largest absolute Gasteiger partial charge is 0.458 e. The zero-order chi connectivity index (χ0) is 26.8. The van der Waals surface area contributed by atoms with Crippen molar-refractivity contribution in [2.75, 3.05) is 6.61 Å². The van der Waals surface area contributed by atoms with E-state index in [9.17, 15) is 19.2 Å². The summed E-state index contributed by atoms with van der Waals surface area (Å²) in [5, 5.41) is 0. The van der Waals surface area contributed by atoms with Crippen LogP contribution in [0.4, 0.5) is 0 Å². The average molecular weight is 513 g/mol. The maximum absolute atomic E-state index is 13.7. The highest BCUT2D eigenvalue weighted by Crippen LogP contribution is 2.75. The van der Waals surface area contributed by atoms with Gasteiger partial charge in [0.2, 0.25) is 5.78 Å². The van der Waals surface area contributed by atoms with E-state index in [0.29, 0.717) is 31.4 Å². The smallest absolute Gasteiger partial charge is 0.308 e. The van der Waals surface area contributed by atoms with Gasteiger partial charge < -0.3 is 18.9 Å². The lowest BCUT2D eigenvalue weighted by Gasteiger charge is -2.55. The molecule has 0 bridgehead atoms. The van der Waals surface area contributed by atoms with Crippen LogP contribution in [0.3, 0.4) is 0 Å². The first-order chi connectivity index (χ1) is 17.4. The number of esters is 3. The van der Waals surface area contributed by atoms with E-state index in [1.807, 2.05) is 19.1 Å². The third-order valence-electron chi connectivity index (χ3n) is 9.70. The van der Waals surface area contributed by atoms with Crippen LogP contribution < -0.4 is 0 Å². The van der Waals surface area contributed by atoms with Crippen molar-refractivity contribution >= 4 is 23.7 Å². The Morgan fingerprint density at radius 3 is 2.54 bits per heavy atom. The third-order valence-corrected chi connectivity index (χ3v) is 9.70. The van der Waals surface area contributed by atoms with Gasteiger partial charge in [0.05, 0.1) is 6.10 Å². The van der Waals surface area contributed by atoms with Crippen LogP contribution in [0, 0.1) is 22.7 Å². The van der Waals surface area contributed by atoms with Crippen molar-refractivity contribution < 1.29 is 38.1 Å². The first kappa shape index (κ1) is 25.9. The molecule has 0 aromatic heterocycles. The standard InChI is InChI=1S/C29H36O8/c1-6-7-25(33)37-28(23(32)16-34-17(2)30)13-11-21-22-9-8-19-14-20(35-18(3)31)10-12-26(19,4)29(22)24(36-29)15-27(21,28)5/h8,10,12,14,21-22,24H,6-7,9,11,13,15-16H2,1-5H3/t21-,22-,24-,26-,27-,28-,29+/m0/s1. The number of carbonyl (C=O) groups excluding carboxylic acids is 4. The van der Waals surface area contributed by atoms with Gasteiger partial charge in [0.25, 0.3) is 0 Å². The number of Topliss-reactive ketones (excluding diaryl/α,β-unsaturated/α-hetero) is 1. The van der Waals surface area contributed by atoms with Gasteiger partial charge in [-0.2, -0.15) is 0 Å². The molecule has 5 aliphatic rings. The molecule has 1 heterocycles. The average Bonchev–Trinajstić information content (AvgIpc) is 3.47. The van der Waals surface area contributed by atoms with Gasteiger partial charge in [-0.3, -0.25) is 19.2 Å². The fraction of sp³-hybridized carbons (Fsp3) is 0.655. The molecule has 1 spiro atoms. The summed E-state index contributed by atoms with van der Waals surface area (Å²) in [6.45, 7) is 8.36. The van der Waals surface area contributed by atoms with Crippen molar-refractivity contribution in [1.29, 1.82) is 0 Å². The van der Waals surface area contributed by atoms with Gasteiger partial charge in [-0.1, -0.05) is 26.0 Å². The lowest BCUT2D eigenvalue weighted by atomic mass is 9.48. The number of epoxide rings is 1. The number of fused-ring (bicyclic) bond motifs is 3. The van der Waals surface area contributed by atoms with Crippen LogP contribution in [-0.4, -0.2) is 47.6 Å². The van der Waals surface area contributed by atoms with Crippen molar-refractivity contribution in [2.45, 2.75) is 90.4 Å². The second-order valence-electron chi connectivity index (χ2n) is 11.6. The minimum atomic E-state index is -1.35. The van der Waals surface area contributed by atoms with Crippen LogP contribution >= 0.6 is 0 Å². The SMILES string of the molecule is CCCC(=O)O[C@]1(C(=O)COC(C)=O)CC[C@H]2[C@@H]3CC=C4C=C(OC(C)=O)C=C[C@]4(C)[C@@]34O[C@H]4C[C@@]21C. The van der Waals surface area contributed by atoms with Crippen molar-refractivity contribution in [2.24, 2.45) is 22.7 Å². The maximum atomic E-state index is 13.7. The number of allylic oxidation sites excluding steroid dienone is 3. The molecule has 1 aliphatic heterocycles. The van der Waals surface area contributed by atoms with Crippen LogP contribution in [0.25, 0.3) is 0 Å². The molecule has 7 atom stereocenters. The Morgan fingerprint density at radius 1 is 1.11 bits per heavy atom. The van der Waals surface area contributed by atoms with Gasteiger partial charge in [0.15, 0.2) is 12.2 Å². The van der Waals surface area contributed by atoms with E-state index < -0.39 is 40.6 Å². The van der Waals surface area contributed by atoms with Gasteiger partial charge in [0.1, 0.15) is 11.4 Å². The van der Waals surface area contributed by atoms with Crippen molar-refractivity contribution in [3.05, 3.63) is 35.6 Å². The lowest BCUT2D eigenvalue weighted by molar-refractivity contribution is -0.189. The Hall–Kier alpha value is -2.74. The number of carbonyl (C=O) groups is 4. The summed E-state index contributed by atoms with van der Waals surface area (Å²) in [5.74, 6) is -0.947. The number of hydrogen-bond acceptors (Lipinski definition) is 8. The topological polar surface area (TPSA) is 109 Å². The van der Waals surface area contributed by atoms with E-state index in [4.69, 9.17) is 18.9 Å². The number of ketones is 1. The quantitative estimate of drug-likeness (QED) is 0.285. The summed E-state index contributed by atoms with van der Waals surface area (Å²) in [4.78, 5) is 49.5. The summed E-state index contributed by atoms with van der Waals surface area (Å²) in [6.07, 6.45) is 11.2. The highest BCUT2D eigenvalue weighted by molar-refractivity contribution is 5.93. The molecule has 8 heteroatoms. The van der Waals surface area contributed by atoms with E-state index >= 15 is 0 Å². The van der Waals surface area contributed by atoms with Gasteiger partial charge in [-0.25, -0.2) is 0 Å². The van der Waals surface area contributed by atoms with Gasteiger partial charge in [-0.15, -0.1) is 0 Å². The molecule has 8 nitrogen and oxygen atoms in total. The van der Waals surface area contributed by atoms with Gasteiger partial charge in [0, 0.05) is 31.1 Å². The Balaban J connectivity index is 1.51. The fourth-order valence-electron chi connectivity index (χ4n) is 8.03. The fourth-order valence-corrected chi connectivity index (χ4v) is 8.03. The molecule has 37 heavy (non-hydrogen) atoms. The van der Waals surface area contributed by atoms with Crippen LogP contribution in [-0.2, 0) is 38.1 Å². The third kappa shape index (κ3) is 3.58. The van der Waals surface area contributed by atoms with E-state index in [1.165, 1.54) is 13.8 Å². The van der Waals surface area contributed by atoms with Crippen molar-refractivity contribution in [3.63, 3.8) is 0 Å². The highest BCUT2D eigenvalue weighted by atomic mass is 16.6. The highest BCUT2D eigenvalue weighted by Gasteiger charge is 2.81. The second-order valence-corrected chi connectivity index (χ2v) is 11.6. The van der Waals surface area contributed by atoms with Crippen LogP contribution in [0.2, 0.25) is 0 Å². The first-order valence-electron chi connectivity index (χ1n) is 13.3. The van der Waals surface area contributed by atoms with Crippen molar-refractivity contribution in [1.82, 2.24) is 0 Å².